The van der Waals surface area contributed by atoms with Gasteiger partial charge in [-0.1, -0.05) is 160 Å². The van der Waals surface area contributed by atoms with E-state index in [1.807, 2.05) is 74.6 Å². The highest BCUT2D eigenvalue weighted by Gasteiger charge is 2.47. The van der Waals surface area contributed by atoms with Crippen LogP contribution in [0.25, 0.3) is 6.08 Å². The van der Waals surface area contributed by atoms with Crippen LogP contribution in [0.4, 0.5) is 0 Å². The fourth-order valence-electron chi connectivity index (χ4n) is 7.05. The van der Waals surface area contributed by atoms with Crippen LogP contribution >= 0.6 is 0 Å². The Labute approximate surface area is 428 Å². The molecule has 14 heteroatoms. The maximum absolute atomic E-state index is 13.8. The lowest BCUT2D eigenvalue weighted by Crippen LogP contribution is -2.51. The van der Waals surface area contributed by atoms with E-state index in [9.17, 15) is 14.7 Å². The van der Waals surface area contributed by atoms with Gasteiger partial charge in [-0.05, 0) is 74.8 Å². The topological polar surface area (TPSA) is 153 Å². The Balaban J connectivity index is 1.68. The third-order valence-electron chi connectivity index (χ3n) is 14.4. The Morgan fingerprint density at radius 1 is 0.704 bits per heavy atom. The molecule has 0 amide bonds. The van der Waals surface area contributed by atoms with Gasteiger partial charge in [-0.3, -0.25) is 0 Å². The Morgan fingerprint density at radius 2 is 1.27 bits per heavy atom. The van der Waals surface area contributed by atoms with Crippen LogP contribution in [-0.2, 0) is 29.5 Å². The van der Waals surface area contributed by atoms with Crippen LogP contribution < -0.4 is 0 Å². The number of nitrogens with zero attached hydrogens (tertiary/aromatic N) is 2. The summed E-state index contributed by atoms with van der Waals surface area (Å²) in [4.78, 5) is 34.2. The summed E-state index contributed by atoms with van der Waals surface area (Å²) >= 11 is 0. The molecule has 3 rings (SSSR count). The summed E-state index contributed by atoms with van der Waals surface area (Å²) in [6.45, 7) is 34.6. The molecule has 2 aromatic rings. The zero-order valence-electron chi connectivity index (χ0n) is 46.3. The molecule has 1 aliphatic rings. The molecule has 7 atom stereocenters. The molecular weight excluding hydrogens is 929 g/mol. The van der Waals surface area contributed by atoms with Gasteiger partial charge in [0.25, 0.3) is 0 Å². The molecule has 1 aliphatic carbocycles. The van der Waals surface area contributed by atoms with Crippen molar-refractivity contribution in [3.8, 4) is 0 Å². The first-order valence-electron chi connectivity index (χ1n) is 25.1. The van der Waals surface area contributed by atoms with Crippen molar-refractivity contribution in [2.24, 2.45) is 22.7 Å². The average Bonchev–Trinajstić information content (AvgIpc) is 3.59. The van der Waals surface area contributed by atoms with Gasteiger partial charge in [-0.2, -0.15) is 0 Å². The van der Waals surface area contributed by atoms with E-state index in [1.165, 1.54) is 19.6 Å². The number of hydrogen-bond acceptors (Lipinski definition) is 12. The summed E-state index contributed by atoms with van der Waals surface area (Å²) < 4.78 is 41.5. The highest BCUT2D eigenvalue weighted by atomic mass is 28.4. The Kier molecular flexibility index (Phi) is 22.7. The Bertz CT molecular complexity index is 2240. The molecule has 0 saturated heterocycles. The van der Waals surface area contributed by atoms with E-state index in [-0.39, 0.29) is 39.8 Å². The molecule has 0 spiro atoms. The number of hydrogen-bond donors (Lipinski definition) is 1. The van der Waals surface area contributed by atoms with Crippen molar-refractivity contribution in [1.82, 2.24) is 9.97 Å². The van der Waals surface area contributed by atoms with Crippen molar-refractivity contribution in [3.63, 3.8) is 0 Å². The predicted octanol–water partition coefficient (Wildman–Crippen LogP) is 13.8. The number of rotatable bonds is 27. The van der Waals surface area contributed by atoms with Crippen LogP contribution in [-0.4, -0.2) is 88.4 Å². The van der Waals surface area contributed by atoms with Crippen molar-refractivity contribution in [2.75, 3.05) is 14.2 Å². The van der Waals surface area contributed by atoms with E-state index < -0.39 is 51.6 Å². The predicted molar refractivity (Wildman–Crippen MR) is 291 cm³/mol. The SMILES string of the molecule is C/C=C/C(O[Si](C)(C)C(C)(C)C)C(C)(C)C(O)C/C=C\[C@H]1C[C@H]1/C=C/C=C\c1nc(C(=O)OC(C\C=C/C=C\C=C\C(Cc2nc(C(=O)OC)co2)OC)C(C)(C)C(/C=C/C)O[Si](C)(C)C(C)(C)C)co1. The van der Waals surface area contributed by atoms with Gasteiger partial charge in [0, 0.05) is 30.4 Å². The number of oxazole rings is 2. The van der Waals surface area contributed by atoms with Gasteiger partial charge < -0.3 is 37.0 Å². The van der Waals surface area contributed by atoms with E-state index in [0.29, 0.717) is 42.9 Å². The van der Waals surface area contributed by atoms with Crippen LogP contribution in [0.15, 0.2) is 113 Å². The van der Waals surface area contributed by atoms with E-state index in [4.69, 9.17) is 31.9 Å². The molecule has 71 heavy (non-hydrogen) atoms. The summed E-state index contributed by atoms with van der Waals surface area (Å²) in [6.07, 6.45) is 34.5. The third kappa shape index (κ3) is 18.2. The van der Waals surface area contributed by atoms with Gasteiger partial charge >= 0.3 is 11.9 Å². The fourth-order valence-corrected chi connectivity index (χ4v) is 9.79. The third-order valence-corrected chi connectivity index (χ3v) is 23.3. The number of carbonyl (C=O) groups is 2. The second-order valence-electron chi connectivity index (χ2n) is 22.8. The highest BCUT2D eigenvalue weighted by molar-refractivity contribution is 6.74. The molecule has 2 heterocycles. The van der Waals surface area contributed by atoms with Crippen molar-refractivity contribution in [3.05, 3.63) is 127 Å². The molecule has 2 aromatic heterocycles. The molecule has 0 aromatic carbocycles. The molecule has 12 nitrogen and oxygen atoms in total. The number of allylic oxidation sites excluding steroid dienone is 10. The lowest BCUT2D eigenvalue weighted by molar-refractivity contribution is -0.0420. The summed E-state index contributed by atoms with van der Waals surface area (Å²) in [7, 11) is -1.41. The van der Waals surface area contributed by atoms with Gasteiger partial charge in [-0.25, -0.2) is 19.6 Å². The van der Waals surface area contributed by atoms with Gasteiger partial charge in [0.05, 0.1) is 37.9 Å². The molecule has 0 bridgehead atoms. The monoisotopic (exact) mass is 1020 g/mol. The van der Waals surface area contributed by atoms with Gasteiger partial charge in [0.2, 0.25) is 5.89 Å². The molecule has 5 unspecified atom stereocenters. The largest absolute Gasteiger partial charge is 0.464 e. The minimum Gasteiger partial charge on any atom is -0.464 e. The van der Waals surface area contributed by atoms with Crippen LogP contribution in [0.3, 0.4) is 0 Å². The van der Waals surface area contributed by atoms with Gasteiger partial charge in [0.15, 0.2) is 33.9 Å². The Hall–Kier alpha value is -4.45. The summed E-state index contributed by atoms with van der Waals surface area (Å²) in [5.41, 5.74) is -0.924. The van der Waals surface area contributed by atoms with Crippen LogP contribution in [0.1, 0.15) is 135 Å². The minimum atomic E-state index is -2.24. The van der Waals surface area contributed by atoms with E-state index in [1.54, 1.807) is 13.2 Å². The molecule has 394 valence electrons. The Morgan fingerprint density at radius 3 is 1.85 bits per heavy atom. The number of carbonyl (C=O) groups excluding carboxylic acids is 2. The molecule has 0 radical (unpaired) electrons. The maximum atomic E-state index is 13.8. The quantitative estimate of drug-likeness (QED) is 0.0392. The van der Waals surface area contributed by atoms with E-state index in [2.05, 4.69) is 136 Å². The molecule has 1 N–H and O–H groups in total. The first-order valence-corrected chi connectivity index (χ1v) is 30.9. The summed E-state index contributed by atoms with van der Waals surface area (Å²) in [6, 6.07) is 0. The second-order valence-corrected chi connectivity index (χ2v) is 32.3. The highest BCUT2D eigenvalue weighted by Crippen LogP contribution is 2.44. The summed E-state index contributed by atoms with van der Waals surface area (Å²) in [5.74, 6) is 0.330. The van der Waals surface area contributed by atoms with Gasteiger partial charge in [-0.15, -0.1) is 0 Å². The van der Waals surface area contributed by atoms with Gasteiger partial charge in [0.1, 0.15) is 18.6 Å². The van der Waals surface area contributed by atoms with Crippen molar-refractivity contribution in [1.29, 1.82) is 0 Å². The normalized spacial score (nSPS) is 19.1. The van der Waals surface area contributed by atoms with E-state index in [0.717, 1.165) is 6.42 Å². The lowest BCUT2D eigenvalue weighted by atomic mass is 9.79. The fraction of sp³-hybridized carbons (Fsp3) is 0.579. The smallest absolute Gasteiger partial charge is 0.360 e. The molecule has 1 saturated carbocycles. The zero-order valence-corrected chi connectivity index (χ0v) is 48.3. The number of ether oxygens (including phenoxy) is 3. The number of methoxy groups -OCH3 is 2. The van der Waals surface area contributed by atoms with Crippen LogP contribution in [0, 0.1) is 22.7 Å². The molecule has 1 fully saturated rings. The van der Waals surface area contributed by atoms with Crippen LogP contribution in [0.5, 0.6) is 0 Å². The number of aliphatic hydroxyl groups excluding tert-OH is 1. The summed E-state index contributed by atoms with van der Waals surface area (Å²) in [5, 5.41) is 11.4. The van der Waals surface area contributed by atoms with Crippen LogP contribution in [0.2, 0.25) is 36.3 Å². The van der Waals surface area contributed by atoms with Crippen molar-refractivity contribution < 1.29 is 46.6 Å². The second kappa shape index (κ2) is 26.5. The minimum absolute atomic E-state index is 0.0353. The number of aliphatic hydroxyl groups is 1. The molecular formula is C57H88N2O10Si2. The first-order chi connectivity index (χ1) is 33.0. The number of aromatic nitrogens is 2. The zero-order chi connectivity index (χ0) is 53.4. The van der Waals surface area contributed by atoms with Crippen molar-refractivity contribution in [2.45, 2.75) is 176 Å². The number of esters is 2. The standard InChI is InChI=1S/C57H88N2O10Si2/c1-19-29-48(68-70(15,16)54(3,4)5)56(9,10)46(60)34-28-32-42-37-41(42)31-26-27-36-50-58-45(40-65-50)53(62)67-47(57(11,12)49(30-20-2)69-71(17,18)55(6,7)8)35-25-23-21-22-24-33-43(63-13)38-51-59-44(39-66-51)52(61)64-14/h19-33,36,39-43,46-49,60H,34-35,37-38H2,1-18H3/b22-21-,25-23-,29-19+,30-20+,31-26+,32-28-,33-24+,36-27-/t41-,42+,43?,46?,47?,48?,49?/m1/s1. The average molecular weight is 1020 g/mol. The van der Waals surface area contributed by atoms with Crippen molar-refractivity contribution >= 4 is 34.6 Å². The van der Waals surface area contributed by atoms with E-state index >= 15 is 0 Å². The molecule has 0 aliphatic heterocycles. The first kappa shape index (κ1) is 60.9. The maximum Gasteiger partial charge on any atom is 0.360 e. The lowest BCUT2D eigenvalue weighted by Gasteiger charge is -2.45.